The third kappa shape index (κ3) is 4.35. The van der Waals surface area contributed by atoms with Crippen molar-refractivity contribution in [2.75, 3.05) is 42.6 Å². The van der Waals surface area contributed by atoms with E-state index in [1.54, 1.807) is 12.1 Å². The second-order valence-corrected chi connectivity index (χ2v) is 7.32. The van der Waals surface area contributed by atoms with E-state index in [0.29, 0.717) is 31.0 Å². The molecule has 0 atom stereocenters. The van der Waals surface area contributed by atoms with Crippen molar-refractivity contribution in [2.45, 2.75) is 19.8 Å². The first kappa shape index (κ1) is 20.1. The van der Waals surface area contributed by atoms with Gasteiger partial charge in [-0.05, 0) is 42.8 Å². The molecule has 156 valence electrons. The summed E-state index contributed by atoms with van der Waals surface area (Å²) in [6.07, 6.45) is 1.77. The third-order valence-corrected chi connectivity index (χ3v) is 5.25. The molecule has 0 N–H and O–H groups in total. The van der Waals surface area contributed by atoms with E-state index >= 15 is 0 Å². The summed E-state index contributed by atoms with van der Waals surface area (Å²) in [5, 5.41) is 0. The Morgan fingerprint density at radius 2 is 1.60 bits per heavy atom. The average molecular weight is 408 g/mol. The highest BCUT2D eigenvalue weighted by atomic mass is 19.1. The van der Waals surface area contributed by atoms with Crippen LogP contribution < -0.4 is 9.80 Å². The number of piperazine rings is 1. The summed E-state index contributed by atoms with van der Waals surface area (Å²) >= 11 is 0. The van der Waals surface area contributed by atoms with Gasteiger partial charge in [-0.15, -0.1) is 0 Å². The molecule has 3 aromatic rings. The number of hydrogen-bond acceptors (Lipinski definition) is 6. The molecule has 6 nitrogen and oxygen atoms in total. The van der Waals surface area contributed by atoms with Crippen LogP contribution in [0.3, 0.4) is 0 Å². The van der Waals surface area contributed by atoms with Crippen molar-refractivity contribution in [3.05, 3.63) is 60.0 Å². The standard InChI is InChI=1S/C23H25FN4O2/c1-2-3-16-30-23(29)21-22(26-20-7-5-4-6-19(20)25-21)28-14-12-27(13-15-28)18-10-8-17(24)9-11-18/h4-11H,2-3,12-16H2,1H3. The molecule has 1 saturated heterocycles. The molecular formula is C23H25FN4O2. The first-order valence-corrected chi connectivity index (χ1v) is 10.3. The summed E-state index contributed by atoms with van der Waals surface area (Å²) in [7, 11) is 0. The van der Waals surface area contributed by atoms with Crippen LogP contribution in [0.15, 0.2) is 48.5 Å². The molecule has 1 aromatic heterocycles. The molecule has 0 amide bonds. The molecule has 0 unspecified atom stereocenters. The molecule has 1 aliphatic heterocycles. The molecule has 7 heteroatoms. The Labute approximate surface area is 175 Å². The minimum absolute atomic E-state index is 0.241. The molecule has 0 bridgehead atoms. The van der Waals surface area contributed by atoms with Gasteiger partial charge in [0.05, 0.1) is 17.6 Å². The lowest BCUT2D eigenvalue weighted by Gasteiger charge is -2.37. The van der Waals surface area contributed by atoms with Gasteiger partial charge < -0.3 is 14.5 Å². The van der Waals surface area contributed by atoms with Gasteiger partial charge in [-0.3, -0.25) is 0 Å². The fourth-order valence-corrected chi connectivity index (χ4v) is 3.55. The number of aromatic nitrogens is 2. The number of hydrogen-bond donors (Lipinski definition) is 0. The molecular weight excluding hydrogens is 383 g/mol. The smallest absolute Gasteiger partial charge is 0.360 e. The van der Waals surface area contributed by atoms with Gasteiger partial charge in [-0.1, -0.05) is 25.5 Å². The van der Waals surface area contributed by atoms with Crippen molar-refractivity contribution in [3.63, 3.8) is 0 Å². The zero-order valence-corrected chi connectivity index (χ0v) is 17.1. The predicted molar refractivity (Wildman–Crippen MR) is 116 cm³/mol. The number of nitrogens with zero attached hydrogens (tertiary/aromatic N) is 4. The summed E-state index contributed by atoms with van der Waals surface area (Å²) in [5.41, 5.74) is 2.67. The number of halogens is 1. The van der Waals surface area contributed by atoms with Gasteiger partial charge in [0.1, 0.15) is 5.82 Å². The van der Waals surface area contributed by atoms with Gasteiger partial charge >= 0.3 is 5.97 Å². The molecule has 0 aliphatic carbocycles. The minimum atomic E-state index is -0.433. The molecule has 0 spiro atoms. The Balaban J connectivity index is 1.57. The van der Waals surface area contributed by atoms with Gasteiger partial charge in [-0.2, -0.15) is 0 Å². The number of esters is 1. The summed E-state index contributed by atoms with van der Waals surface area (Å²) in [6.45, 7) is 5.27. The van der Waals surface area contributed by atoms with Crippen LogP contribution >= 0.6 is 0 Å². The number of ether oxygens (including phenoxy) is 1. The van der Waals surface area contributed by atoms with Crippen molar-refractivity contribution in [1.82, 2.24) is 9.97 Å². The highest BCUT2D eigenvalue weighted by Crippen LogP contribution is 2.24. The van der Waals surface area contributed by atoms with Crippen LogP contribution in [0, 0.1) is 5.82 Å². The SMILES string of the molecule is CCCCOC(=O)c1nc2ccccc2nc1N1CCN(c2ccc(F)cc2)CC1. The maximum atomic E-state index is 13.2. The molecule has 0 saturated carbocycles. The van der Waals surface area contributed by atoms with Crippen LogP contribution in [0.2, 0.25) is 0 Å². The number of carbonyl (C=O) groups is 1. The normalized spacial score (nSPS) is 14.2. The molecule has 2 aromatic carbocycles. The first-order chi connectivity index (χ1) is 14.7. The molecule has 2 heterocycles. The zero-order valence-electron chi connectivity index (χ0n) is 17.1. The van der Waals surface area contributed by atoms with E-state index < -0.39 is 5.97 Å². The molecule has 1 fully saturated rings. The van der Waals surface area contributed by atoms with E-state index in [1.807, 2.05) is 24.3 Å². The second-order valence-electron chi connectivity index (χ2n) is 7.32. The molecule has 0 radical (unpaired) electrons. The Kier molecular flexibility index (Phi) is 6.07. The van der Waals surface area contributed by atoms with E-state index in [2.05, 4.69) is 21.7 Å². The lowest BCUT2D eigenvalue weighted by atomic mass is 10.2. The Hall–Kier alpha value is -3.22. The lowest BCUT2D eigenvalue weighted by Crippen LogP contribution is -2.47. The van der Waals surface area contributed by atoms with E-state index in [1.165, 1.54) is 12.1 Å². The summed E-state index contributed by atoms with van der Waals surface area (Å²) in [5.74, 6) is -0.110. The van der Waals surface area contributed by atoms with Crippen LogP contribution in [0.1, 0.15) is 30.3 Å². The van der Waals surface area contributed by atoms with Crippen molar-refractivity contribution in [3.8, 4) is 0 Å². The van der Waals surface area contributed by atoms with E-state index in [9.17, 15) is 9.18 Å². The molecule has 4 rings (SSSR count). The number of benzene rings is 2. The van der Waals surface area contributed by atoms with Crippen LogP contribution in [-0.2, 0) is 4.74 Å². The summed E-state index contributed by atoms with van der Waals surface area (Å²) in [6, 6.07) is 14.1. The van der Waals surface area contributed by atoms with Crippen LogP contribution in [-0.4, -0.2) is 48.7 Å². The fraction of sp³-hybridized carbons (Fsp3) is 0.348. The maximum Gasteiger partial charge on any atom is 0.360 e. The van der Waals surface area contributed by atoms with Gasteiger partial charge in [0.15, 0.2) is 11.5 Å². The van der Waals surface area contributed by atoms with E-state index in [4.69, 9.17) is 9.72 Å². The van der Waals surface area contributed by atoms with E-state index in [0.717, 1.165) is 37.1 Å². The number of anilines is 2. The highest BCUT2D eigenvalue weighted by molar-refractivity contribution is 5.95. The van der Waals surface area contributed by atoms with Gasteiger partial charge in [-0.25, -0.2) is 19.2 Å². The van der Waals surface area contributed by atoms with Crippen LogP contribution in [0.5, 0.6) is 0 Å². The summed E-state index contributed by atoms with van der Waals surface area (Å²) in [4.78, 5) is 26.4. The first-order valence-electron chi connectivity index (χ1n) is 10.3. The van der Waals surface area contributed by atoms with Gasteiger partial charge in [0.2, 0.25) is 0 Å². The predicted octanol–water partition coefficient (Wildman–Crippen LogP) is 4.05. The zero-order chi connectivity index (χ0) is 20.9. The number of carbonyl (C=O) groups excluding carboxylic acids is 1. The highest BCUT2D eigenvalue weighted by Gasteiger charge is 2.26. The third-order valence-electron chi connectivity index (χ3n) is 5.25. The molecule has 1 aliphatic rings. The number of fused-ring (bicyclic) bond motifs is 1. The second kappa shape index (κ2) is 9.07. The Bertz CT molecular complexity index is 1020. The summed E-state index contributed by atoms with van der Waals surface area (Å²) < 4.78 is 18.6. The number of unbranched alkanes of at least 4 members (excludes halogenated alkanes) is 1. The lowest BCUT2D eigenvalue weighted by molar-refractivity contribution is 0.0493. The van der Waals surface area contributed by atoms with Crippen molar-refractivity contribution >= 4 is 28.5 Å². The largest absolute Gasteiger partial charge is 0.461 e. The topological polar surface area (TPSA) is 58.6 Å². The minimum Gasteiger partial charge on any atom is -0.461 e. The average Bonchev–Trinajstić information content (AvgIpc) is 2.79. The van der Waals surface area contributed by atoms with Crippen molar-refractivity contribution in [1.29, 1.82) is 0 Å². The van der Waals surface area contributed by atoms with Crippen LogP contribution in [0.4, 0.5) is 15.9 Å². The Morgan fingerprint density at radius 3 is 2.27 bits per heavy atom. The van der Waals surface area contributed by atoms with Crippen molar-refractivity contribution < 1.29 is 13.9 Å². The Morgan fingerprint density at radius 1 is 0.967 bits per heavy atom. The van der Waals surface area contributed by atoms with Crippen LogP contribution in [0.25, 0.3) is 11.0 Å². The van der Waals surface area contributed by atoms with Crippen molar-refractivity contribution in [2.24, 2.45) is 0 Å². The molecule has 30 heavy (non-hydrogen) atoms. The number of rotatable bonds is 6. The monoisotopic (exact) mass is 408 g/mol. The fourth-order valence-electron chi connectivity index (χ4n) is 3.55. The quantitative estimate of drug-likeness (QED) is 0.453. The maximum absolute atomic E-state index is 13.2. The number of para-hydroxylation sites is 2. The van der Waals surface area contributed by atoms with E-state index in [-0.39, 0.29) is 11.5 Å². The van der Waals surface area contributed by atoms with Gasteiger partial charge in [0, 0.05) is 31.9 Å². The van der Waals surface area contributed by atoms with Gasteiger partial charge in [0.25, 0.3) is 0 Å².